The number of aromatic nitrogens is 2. The fourth-order valence-corrected chi connectivity index (χ4v) is 7.22. The molecule has 268 valence electrons. The second-order valence-electron chi connectivity index (χ2n) is 12.5. The summed E-state index contributed by atoms with van der Waals surface area (Å²) in [5.41, 5.74) is 2.35. The molecule has 15 nitrogen and oxygen atoms in total. The van der Waals surface area contributed by atoms with E-state index in [0.29, 0.717) is 34.5 Å². The summed E-state index contributed by atoms with van der Waals surface area (Å²) in [6.07, 6.45) is 0.729. The van der Waals surface area contributed by atoms with E-state index in [1.165, 1.54) is 40.9 Å². The van der Waals surface area contributed by atoms with Crippen LogP contribution in [0.2, 0.25) is 0 Å². The number of thioether (sulfide) groups is 1. The van der Waals surface area contributed by atoms with Crippen LogP contribution < -0.4 is 21.8 Å². The number of carboxylic acids is 1. The van der Waals surface area contributed by atoms with Crippen molar-refractivity contribution >= 4 is 41.1 Å². The Morgan fingerprint density at radius 2 is 1.53 bits per heavy atom. The SMILES string of the molecule is Cc1c(C)n2c(CSCC(=O)N[C@@H](Cc3ccccc3)C(=O)N[C@@H](Cc3ccc([N+](=O)[O-])cc3)C(=O)N3CCC[C@H]3C(=O)O)c(C)c(=O)n2c1=O. The molecule has 3 N–H and O–H groups in total. The van der Waals surface area contributed by atoms with Crippen molar-refractivity contribution in [3.8, 4) is 0 Å². The highest BCUT2D eigenvalue weighted by molar-refractivity contribution is 7.99. The van der Waals surface area contributed by atoms with Crippen LogP contribution in [0.25, 0.3) is 0 Å². The van der Waals surface area contributed by atoms with Crippen LogP contribution in [0.4, 0.5) is 5.69 Å². The van der Waals surface area contributed by atoms with Gasteiger partial charge >= 0.3 is 5.97 Å². The first-order valence-corrected chi connectivity index (χ1v) is 17.5. The molecule has 3 heterocycles. The number of benzene rings is 2. The number of carboxylic acid groups (broad SMARTS) is 1. The molecule has 0 unspecified atom stereocenters. The van der Waals surface area contributed by atoms with Gasteiger partial charge in [-0.05, 0) is 44.7 Å². The molecular weight excluding hydrogens is 680 g/mol. The quantitative estimate of drug-likeness (QED) is 0.128. The number of likely N-dealkylation sites (tertiary alicyclic amines) is 1. The maximum absolute atomic E-state index is 13.9. The first-order chi connectivity index (χ1) is 24.3. The molecule has 1 fully saturated rings. The minimum atomic E-state index is -1.23. The zero-order chi connectivity index (χ0) is 37.0. The Kier molecular flexibility index (Phi) is 11.2. The summed E-state index contributed by atoms with van der Waals surface area (Å²) < 4.78 is 2.66. The van der Waals surface area contributed by atoms with Gasteiger partial charge in [-0.25, -0.2) is 4.79 Å². The van der Waals surface area contributed by atoms with Crippen molar-refractivity contribution in [3.63, 3.8) is 0 Å². The van der Waals surface area contributed by atoms with Gasteiger partial charge in [0, 0.05) is 54.1 Å². The highest BCUT2D eigenvalue weighted by Crippen LogP contribution is 2.21. The van der Waals surface area contributed by atoms with E-state index in [1.807, 2.05) is 0 Å². The van der Waals surface area contributed by atoms with E-state index in [9.17, 15) is 44.0 Å². The lowest BCUT2D eigenvalue weighted by Crippen LogP contribution is -2.57. The van der Waals surface area contributed by atoms with Crippen molar-refractivity contribution in [1.29, 1.82) is 0 Å². The maximum atomic E-state index is 13.9. The normalized spacial score (nSPS) is 15.4. The Balaban J connectivity index is 1.34. The summed E-state index contributed by atoms with van der Waals surface area (Å²) >= 11 is 1.20. The van der Waals surface area contributed by atoms with Gasteiger partial charge in [-0.1, -0.05) is 42.5 Å². The molecule has 0 bridgehead atoms. The molecule has 0 aliphatic carbocycles. The molecule has 3 atom stereocenters. The number of carbonyl (C=O) groups excluding carboxylic acids is 3. The number of hydrogen-bond acceptors (Lipinski definition) is 9. The number of aliphatic carboxylic acids is 1. The first kappa shape index (κ1) is 36.8. The standard InChI is InChI=1S/C35H38N6O9S/c1-20-22(3)39-29(21(2)33(45)40(39)32(20)44)18-51-19-30(42)36-26(16-23-8-5-4-6-9-23)31(43)37-27(17-24-11-13-25(14-12-24)41(49)50)34(46)38-15-7-10-28(38)35(47)48/h4-6,8-9,11-14,26-28H,7,10,15-19H2,1-3H3,(H,36,42)(H,37,43)(H,47,48)/t26-,27-,28-/m0/s1. The summed E-state index contributed by atoms with van der Waals surface area (Å²) in [6, 6.07) is 11.0. The van der Waals surface area contributed by atoms with Crippen LogP contribution in [-0.4, -0.2) is 78.1 Å². The van der Waals surface area contributed by atoms with Crippen molar-refractivity contribution in [1.82, 2.24) is 24.6 Å². The average Bonchev–Trinajstić information content (AvgIpc) is 3.76. The first-order valence-electron chi connectivity index (χ1n) is 16.3. The van der Waals surface area contributed by atoms with Gasteiger partial charge in [0.2, 0.25) is 17.7 Å². The lowest BCUT2D eigenvalue weighted by Gasteiger charge is -2.29. The topological polar surface area (TPSA) is 202 Å². The average molecular weight is 719 g/mol. The number of aryl methyl sites for hydroxylation is 1. The van der Waals surface area contributed by atoms with E-state index >= 15 is 0 Å². The Labute approximate surface area is 296 Å². The molecule has 1 saturated heterocycles. The molecule has 1 aliphatic heterocycles. The number of nitro benzene ring substituents is 1. The number of nitrogens with one attached hydrogen (secondary N) is 2. The van der Waals surface area contributed by atoms with Crippen LogP contribution in [0.3, 0.4) is 0 Å². The molecular formula is C35H38N6O9S. The van der Waals surface area contributed by atoms with Crippen LogP contribution in [0, 0.1) is 30.9 Å². The number of fused-ring (bicyclic) bond motifs is 1. The number of nitrogens with zero attached hydrogens (tertiary/aromatic N) is 4. The number of amides is 3. The van der Waals surface area contributed by atoms with E-state index < -0.39 is 57.9 Å². The van der Waals surface area contributed by atoms with Gasteiger partial charge < -0.3 is 20.6 Å². The van der Waals surface area contributed by atoms with Crippen molar-refractivity contribution in [3.05, 3.63) is 119 Å². The Morgan fingerprint density at radius 3 is 2.18 bits per heavy atom. The zero-order valence-corrected chi connectivity index (χ0v) is 29.1. The van der Waals surface area contributed by atoms with Crippen LogP contribution in [-0.2, 0) is 37.8 Å². The largest absolute Gasteiger partial charge is 0.480 e. The summed E-state index contributed by atoms with van der Waals surface area (Å²) in [4.78, 5) is 90.2. The predicted octanol–water partition coefficient (Wildman–Crippen LogP) is 1.79. The minimum absolute atomic E-state index is 0.0792. The Bertz CT molecular complexity index is 2080. The van der Waals surface area contributed by atoms with E-state index in [0.717, 1.165) is 10.1 Å². The predicted molar refractivity (Wildman–Crippen MR) is 188 cm³/mol. The zero-order valence-electron chi connectivity index (χ0n) is 28.3. The monoisotopic (exact) mass is 718 g/mol. The van der Waals surface area contributed by atoms with Crippen LogP contribution in [0.5, 0.6) is 0 Å². The van der Waals surface area contributed by atoms with E-state index in [-0.39, 0.29) is 43.0 Å². The molecule has 2 aromatic heterocycles. The van der Waals surface area contributed by atoms with Gasteiger partial charge in [0.25, 0.3) is 16.8 Å². The Morgan fingerprint density at radius 1 is 0.902 bits per heavy atom. The number of rotatable bonds is 14. The van der Waals surface area contributed by atoms with E-state index in [1.54, 1.807) is 55.6 Å². The number of hydrogen-bond donors (Lipinski definition) is 3. The molecule has 0 spiro atoms. The highest BCUT2D eigenvalue weighted by Gasteiger charge is 2.38. The summed E-state index contributed by atoms with van der Waals surface area (Å²) in [5.74, 6) is -2.79. The summed E-state index contributed by atoms with van der Waals surface area (Å²) in [6.45, 7) is 5.20. The molecule has 51 heavy (non-hydrogen) atoms. The molecule has 1 aliphatic rings. The third-order valence-corrected chi connectivity index (χ3v) is 10.1. The van der Waals surface area contributed by atoms with Crippen LogP contribution >= 0.6 is 11.8 Å². The fraction of sp³-hybridized carbons (Fsp3) is 0.371. The van der Waals surface area contributed by atoms with Gasteiger partial charge in [0.15, 0.2) is 0 Å². The summed E-state index contributed by atoms with van der Waals surface area (Å²) in [5, 5.41) is 26.4. The maximum Gasteiger partial charge on any atom is 0.326 e. The molecule has 5 rings (SSSR count). The second-order valence-corrected chi connectivity index (χ2v) is 13.5. The molecule has 0 radical (unpaired) electrons. The summed E-state index contributed by atoms with van der Waals surface area (Å²) in [7, 11) is 0. The smallest absolute Gasteiger partial charge is 0.326 e. The highest BCUT2D eigenvalue weighted by atomic mass is 32.2. The molecule has 2 aromatic carbocycles. The number of carbonyl (C=O) groups is 4. The van der Waals surface area contributed by atoms with Gasteiger partial charge in [0.05, 0.1) is 16.4 Å². The van der Waals surface area contributed by atoms with E-state index in [2.05, 4.69) is 10.6 Å². The number of non-ortho nitro benzene ring substituents is 1. The third kappa shape index (κ3) is 7.95. The van der Waals surface area contributed by atoms with Crippen molar-refractivity contribution < 1.29 is 29.2 Å². The van der Waals surface area contributed by atoms with Gasteiger partial charge in [-0.2, -0.15) is 4.52 Å². The van der Waals surface area contributed by atoms with Crippen LogP contribution in [0.15, 0.2) is 64.2 Å². The number of nitro groups is 1. The lowest BCUT2D eigenvalue weighted by molar-refractivity contribution is -0.384. The molecule has 4 aromatic rings. The Hall–Kier alpha value is -5.51. The molecule has 16 heteroatoms. The van der Waals surface area contributed by atoms with Crippen molar-refractivity contribution in [2.45, 2.75) is 70.3 Å². The minimum Gasteiger partial charge on any atom is -0.480 e. The van der Waals surface area contributed by atoms with Gasteiger partial charge in [0.1, 0.15) is 18.1 Å². The van der Waals surface area contributed by atoms with Gasteiger partial charge in [-0.15, -0.1) is 11.8 Å². The molecule has 3 amide bonds. The second kappa shape index (κ2) is 15.6. The molecule has 0 saturated carbocycles. The third-order valence-electron chi connectivity index (χ3n) is 9.20. The lowest BCUT2D eigenvalue weighted by atomic mass is 10.0. The fourth-order valence-electron chi connectivity index (χ4n) is 6.31. The van der Waals surface area contributed by atoms with Crippen molar-refractivity contribution in [2.75, 3.05) is 12.3 Å². The van der Waals surface area contributed by atoms with Gasteiger partial charge in [-0.3, -0.25) is 38.6 Å². The van der Waals surface area contributed by atoms with E-state index in [4.69, 9.17) is 0 Å². The van der Waals surface area contributed by atoms with Crippen LogP contribution in [0.1, 0.15) is 46.5 Å². The van der Waals surface area contributed by atoms with Crippen molar-refractivity contribution in [2.24, 2.45) is 0 Å².